The van der Waals surface area contributed by atoms with Crippen molar-refractivity contribution in [2.75, 3.05) is 19.7 Å². The zero-order chi connectivity index (χ0) is 14.7. The van der Waals surface area contributed by atoms with Gasteiger partial charge >= 0.3 is 12.1 Å². The Kier molecular flexibility index (Phi) is 4.21. The number of amides is 5. The summed E-state index contributed by atoms with van der Waals surface area (Å²) in [7, 11) is 0. The number of nitrogens with zero attached hydrogens (tertiary/aromatic N) is 2. The molecule has 0 aromatic heterocycles. The predicted molar refractivity (Wildman–Crippen MR) is 66.6 cm³/mol. The molecule has 0 unspecified atom stereocenters. The molecule has 1 N–H and O–H groups in total. The van der Waals surface area contributed by atoms with E-state index in [1.165, 1.54) is 0 Å². The zero-order valence-electron chi connectivity index (χ0n) is 11.3. The lowest BCUT2D eigenvalue weighted by atomic mass is 10.0. The van der Waals surface area contributed by atoms with E-state index < -0.39 is 17.8 Å². The second kappa shape index (κ2) is 5.89. The van der Waals surface area contributed by atoms with E-state index in [4.69, 9.17) is 4.74 Å². The highest BCUT2D eigenvalue weighted by atomic mass is 16.6. The molecule has 2 rings (SSSR count). The molecule has 2 saturated heterocycles. The molecule has 0 aromatic carbocycles. The van der Waals surface area contributed by atoms with Crippen LogP contribution in [-0.4, -0.2) is 59.5 Å². The Morgan fingerprint density at radius 2 is 1.95 bits per heavy atom. The van der Waals surface area contributed by atoms with Crippen molar-refractivity contribution in [3.8, 4) is 0 Å². The average Bonchev–Trinajstić information content (AvgIpc) is 2.38. The van der Waals surface area contributed by atoms with E-state index in [1.54, 1.807) is 11.8 Å². The van der Waals surface area contributed by atoms with Crippen molar-refractivity contribution in [1.29, 1.82) is 0 Å². The van der Waals surface area contributed by atoms with Crippen molar-refractivity contribution in [3.05, 3.63) is 0 Å². The lowest BCUT2D eigenvalue weighted by Gasteiger charge is -2.38. The molecule has 110 valence electrons. The van der Waals surface area contributed by atoms with Gasteiger partial charge < -0.3 is 9.64 Å². The van der Waals surface area contributed by atoms with Crippen LogP contribution < -0.4 is 5.32 Å². The van der Waals surface area contributed by atoms with Gasteiger partial charge in [0.05, 0.1) is 6.61 Å². The lowest BCUT2D eigenvalue weighted by molar-refractivity contribution is -0.138. The maximum atomic E-state index is 11.8. The molecule has 20 heavy (non-hydrogen) atoms. The summed E-state index contributed by atoms with van der Waals surface area (Å²) < 4.78 is 4.90. The summed E-state index contributed by atoms with van der Waals surface area (Å²) in [4.78, 5) is 48.8. The van der Waals surface area contributed by atoms with Crippen LogP contribution in [0, 0.1) is 0 Å². The maximum absolute atomic E-state index is 11.8. The van der Waals surface area contributed by atoms with E-state index in [0.717, 1.165) is 4.90 Å². The molecule has 5 amide bonds. The van der Waals surface area contributed by atoms with Crippen molar-refractivity contribution in [1.82, 2.24) is 15.1 Å². The van der Waals surface area contributed by atoms with Crippen LogP contribution in [0.3, 0.4) is 0 Å². The number of nitrogens with one attached hydrogen (secondary N) is 1. The first-order valence-electron chi connectivity index (χ1n) is 6.60. The van der Waals surface area contributed by atoms with Crippen LogP contribution in [-0.2, 0) is 14.3 Å². The SMILES string of the molecule is CCOC(=O)N1CCC(N2C(=O)CC(=O)NC2=O)CC1. The van der Waals surface area contributed by atoms with Crippen LogP contribution in [0.5, 0.6) is 0 Å². The maximum Gasteiger partial charge on any atom is 0.409 e. The van der Waals surface area contributed by atoms with Crippen molar-refractivity contribution >= 4 is 23.9 Å². The highest BCUT2D eigenvalue weighted by Gasteiger charge is 2.38. The Morgan fingerprint density at radius 3 is 2.50 bits per heavy atom. The first-order valence-corrected chi connectivity index (χ1v) is 6.60. The first-order chi connectivity index (χ1) is 9.52. The minimum atomic E-state index is -0.666. The summed E-state index contributed by atoms with van der Waals surface area (Å²) in [6.45, 7) is 2.90. The molecule has 2 heterocycles. The van der Waals surface area contributed by atoms with Gasteiger partial charge in [-0.3, -0.25) is 19.8 Å². The molecule has 0 spiro atoms. The third kappa shape index (κ3) is 2.89. The first kappa shape index (κ1) is 14.3. The number of hydrogen-bond donors (Lipinski definition) is 1. The molecule has 0 saturated carbocycles. The number of piperidine rings is 1. The number of rotatable bonds is 2. The Bertz CT molecular complexity index is 422. The minimum absolute atomic E-state index is 0.277. The molecule has 0 aliphatic carbocycles. The molecule has 2 fully saturated rings. The molecule has 8 heteroatoms. The van der Waals surface area contributed by atoms with Crippen LogP contribution in [0.2, 0.25) is 0 Å². The van der Waals surface area contributed by atoms with Gasteiger partial charge in [-0.05, 0) is 19.8 Å². The summed E-state index contributed by atoms with van der Waals surface area (Å²) in [5, 5.41) is 2.13. The van der Waals surface area contributed by atoms with Gasteiger partial charge in [0.2, 0.25) is 11.8 Å². The fraction of sp³-hybridized carbons (Fsp3) is 0.667. The predicted octanol–water partition coefficient (Wildman–Crippen LogP) is 0.0758. The topological polar surface area (TPSA) is 96.0 Å². The van der Waals surface area contributed by atoms with Gasteiger partial charge in [0.25, 0.3) is 0 Å². The smallest absolute Gasteiger partial charge is 0.409 e. The second-order valence-corrected chi connectivity index (χ2v) is 4.71. The zero-order valence-corrected chi connectivity index (χ0v) is 11.3. The van der Waals surface area contributed by atoms with Gasteiger partial charge in [-0.15, -0.1) is 0 Å². The fourth-order valence-electron chi connectivity index (χ4n) is 2.45. The largest absolute Gasteiger partial charge is 0.450 e. The molecule has 0 atom stereocenters. The number of barbiturate groups is 1. The van der Waals surface area contributed by atoms with Gasteiger partial charge in [0.1, 0.15) is 6.42 Å². The van der Waals surface area contributed by atoms with E-state index in [-0.39, 0.29) is 18.6 Å². The molecule has 2 aliphatic heterocycles. The highest BCUT2D eigenvalue weighted by molar-refractivity contribution is 6.14. The number of ether oxygens (including phenoxy) is 1. The minimum Gasteiger partial charge on any atom is -0.450 e. The number of carbonyl (C=O) groups is 4. The molecule has 0 bridgehead atoms. The van der Waals surface area contributed by atoms with Crippen LogP contribution in [0.1, 0.15) is 26.2 Å². The van der Waals surface area contributed by atoms with E-state index in [9.17, 15) is 19.2 Å². The summed E-state index contributed by atoms with van der Waals surface area (Å²) in [5.74, 6) is -1.05. The van der Waals surface area contributed by atoms with Gasteiger partial charge in [-0.2, -0.15) is 0 Å². The van der Waals surface area contributed by atoms with Crippen molar-refractivity contribution in [2.24, 2.45) is 0 Å². The second-order valence-electron chi connectivity index (χ2n) is 4.71. The molecule has 0 aromatic rings. The monoisotopic (exact) mass is 283 g/mol. The van der Waals surface area contributed by atoms with E-state index >= 15 is 0 Å². The Balaban J connectivity index is 1.93. The van der Waals surface area contributed by atoms with Crippen LogP contribution in [0.25, 0.3) is 0 Å². The highest BCUT2D eigenvalue weighted by Crippen LogP contribution is 2.20. The lowest BCUT2D eigenvalue weighted by Crippen LogP contribution is -2.58. The molecular weight excluding hydrogens is 266 g/mol. The van der Waals surface area contributed by atoms with Gasteiger partial charge in [-0.25, -0.2) is 9.59 Å². The van der Waals surface area contributed by atoms with Crippen molar-refractivity contribution in [2.45, 2.75) is 32.2 Å². The van der Waals surface area contributed by atoms with Crippen molar-refractivity contribution < 1.29 is 23.9 Å². The summed E-state index contributed by atoms with van der Waals surface area (Å²) in [5.41, 5.74) is 0. The third-order valence-corrected chi connectivity index (χ3v) is 3.40. The van der Waals surface area contributed by atoms with Crippen LogP contribution in [0.15, 0.2) is 0 Å². The summed E-state index contributed by atoms with van der Waals surface area (Å²) in [6.07, 6.45) is 0.304. The number of urea groups is 1. The summed E-state index contributed by atoms with van der Waals surface area (Å²) >= 11 is 0. The number of likely N-dealkylation sites (tertiary alicyclic amines) is 1. The van der Waals surface area contributed by atoms with Gasteiger partial charge in [0.15, 0.2) is 0 Å². The molecule has 2 aliphatic rings. The number of imide groups is 2. The van der Waals surface area contributed by atoms with Gasteiger partial charge in [-0.1, -0.05) is 0 Å². The van der Waals surface area contributed by atoms with E-state index in [2.05, 4.69) is 5.32 Å². The summed E-state index contributed by atoms with van der Waals surface area (Å²) in [6, 6.07) is -0.942. The molecule has 8 nitrogen and oxygen atoms in total. The third-order valence-electron chi connectivity index (χ3n) is 3.40. The Labute approximate surface area is 116 Å². The van der Waals surface area contributed by atoms with E-state index in [1.807, 2.05) is 0 Å². The van der Waals surface area contributed by atoms with E-state index in [0.29, 0.717) is 32.5 Å². The van der Waals surface area contributed by atoms with Crippen LogP contribution >= 0.6 is 0 Å². The quantitative estimate of drug-likeness (QED) is 0.724. The van der Waals surface area contributed by atoms with Gasteiger partial charge in [0, 0.05) is 19.1 Å². The number of hydrogen-bond acceptors (Lipinski definition) is 5. The van der Waals surface area contributed by atoms with Crippen LogP contribution in [0.4, 0.5) is 9.59 Å². The molecular formula is C12H17N3O5. The number of carbonyl (C=O) groups excluding carboxylic acids is 4. The molecule has 0 radical (unpaired) electrons. The average molecular weight is 283 g/mol. The Hall–Kier alpha value is -2.12. The Morgan fingerprint density at radius 1 is 1.30 bits per heavy atom. The van der Waals surface area contributed by atoms with Crippen molar-refractivity contribution in [3.63, 3.8) is 0 Å². The normalized spacial score (nSPS) is 20.9. The standard InChI is InChI=1S/C12H17N3O5/c1-2-20-12(19)14-5-3-8(4-6-14)15-10(17)7-9(16)13-11(15)18/h8H,2-7H2,1H3,(H,13,16,18). The fourth-order valence-corrected chi connectivity index (χ4v) is 2.45.